The molecule has 0 N–H and O–H groups in total. The van der Waals surface area contributed by atoms with Crippen molar-refractivity contribution in [2.24, 2.45) is 11.3 Å². The molecule has 1 aliphatic carbocycles. The highest BCUT2D eigenvalue weighted by Crippen LogP contribution is 2.42. The van der Waals surface area contributed by atoms with Crippen molar-refractivity contribution >= 4 is 11.9 Å². The Bertz CT molecular complexity index is 948. The van der Waals surface area contributed by atoms with Crippen LogP contribution in [-0.4, -0.2) is 11.9 Å². The number of carbonyl (C=O) groups excluding carboxylic acids is 2. The molecule has 2 aliphatic rings. The lowest BCUT2D eigenvalue weighted by Gasteiger charge is -2.36. The van der Waals surface area contributed by atoms with E-state index in [4.69, 9.17) is 9.47 Å². The Morgan fingerprint density at radius 1 is 0.900 bits per heavy atom. The SMILES string of the molecule is CC1=C[C@H]2/C=C(\C)C(=O)OCc3ccccc3COC(=O)/C(C)=C/C=C/[C@@]2(C)CC1. The van der Waals surface area contributed by atoms with Crippen molar-refractivity contribution in [3.63, 3.8) is 0 Å². The average molecular weight is 407 g/mol. The van der Waals surface area contributed by atoms with Crippen LogP contribution in [0.4, 0.5) is 0 Å². The van der Waals surface area contributed by atoms with E-state index in [1.165, 1.54) is 5.57 Å². The Hall–Kier alpha value is -2.88. The first-order valence-electron chi connectivity index (χ1n) is 10.4. The quantitative estimate of drug-likeness (QED) is 0.416. The second kappa shape index (κ2) is 9.29. The van der Waals surface area contributed by atoms with Gasteiger partial charge in [0, 0.05) is 17.1 Å². The first-order valence-corrected chi connectivity index (χ1v) is 10.4. The summed E-state index contributed by atoms with van der Waals surface area (Å²) in [6.07, 6.45) is 12.1. The highest BCUT2D eigenvalue weighted by Gasteiger charge is 2.32. The van der Waals surface area contributed by atoms with Crippen molar-refractivity contribution in [3.8, 4) is 0 Å². The summed E-state index contributed by atoms with van der Waals surface area (Å²) in [5.41, 5.74) is 3.99. The zero-order valence-corrected chi connectivity index (χ0v) is 18.2. The minimum absolute atomic E-state index is 0.0795. The van der Waals surface area contributed by atoms with Crippen LogP contribution in [0.15, 0.2) is 71.4 Å². The predicted molar refractivity (Wildman–Crippen MR) is 117 cm³/mol. The van der Waals surface area contributed by atoms with Crippen LogP contribution in [0.25, 0.3) is 0 Å². The molecule has 30 heavy (non-hydrogen) atoms. The van der Waals surface area contributed by atoms with E-state index in [0.29, 0.717) is 11.1 Å². The summed E-state index contributed by atoms with van der Waals surface area (Å²) in [4.78, 5) is 25.0. The van der Waals surface area contributed by atoms with Crippen molar-refractivity contribution in [2.75, 3.05) is 0 Å². The zero-order valence-electron chi connectivity index (χ0n) is 18.2. The summed E-state index contributed by atoms with van der Waals surface area (Å²) in [7, 11) is 0. The summed E-state index contributed by atoms with van der Waals surface area (Å²) < 4.78 is 11.0. The highest BCUT2D eigenvalue weighted by atomic mass is 16.5. The Balaban J connectivity index is 1.99. The van der Waals surface area contributed by atoms with Gasteiger partial charge in [-0.05, 0) is 50.2 Å². The molecule has 0 spiro atoms. The largest absolute Gasteiger partial charge is 0.457 e. The lowest BCUT2D eigenvalue weighted by molar-refractivity contribution is -0.141. The summed E-state index contributed by atoms with van der Waals surface area (Å²) in [6, 6.07) is 7.52. The molecule has 4 heteroatoms. The molecule has 0 saturated carbocycles. The van der Waals surface area contributed by atoms with Crippen LogP contribution in [0.5, 0.6) is 0 Å². The van der Waals surface area contributed by atoms with Crippen molar-refractivity contribution in [1.29, 1.82) is 0 Å². The Morgan fingerprint density at radius 3 is 2.13 bits per heavy atom. The number of benzene rings is 1. The van der Waals surface area contributed by atoms with Gasteiger partial charge in [-0.15, -0.1) is 0 Å². The van der Waals surface area contributed by atoms with E-state index in [1.807, 2.05) is 43.3 Å². The maximum absolute atomic E-state index is 12.6. The second-order valence-electron chi connectivity index (χ2n) is 8.52. The molecule has 158 valence electrons. The standard InChI is InChI=1S/C26H30O4/c1-18-11-13-26(4)12-7-8-19(2)24(27)29-16-21-9-5-6-10-22(21)17-30-25(28)20(3)15-23(26)14-18/h5-10,12,14-15,23H,11,13,16-17H2,1-4H3/b12-7+,19-8+,20-15+/t23-,26-/m0/s1. The van der Waals surface area contributed by atoms with Gasteiger partial charge in [-0.25, -0.2) is 9.59 Å². The number of carbonyl (C=O) groups is 2. The molecule has 2 atom stereocenters. The van der Waals surface area contributed by atoms with Crippen molar-refractivity contribution in [3.05, 3.63) is 82.5 Å². The summed E-state index contributed by atoms with van der Waals surface area (Å²) >= 11 is 0. The van der Waals surface area contributed by atoms with E-state index in [9.17, 15) is 9.59 Å². The van der Waals surface area contributed by atoms with Gasteiger partial charge in [-0.1, -0.05) is 67.1 Å². The number of rotatable bonds is 0. The summed E-state index contributed by atoms with van der Waals surface area (Å²) in [6.45, 7) is 8.17. The van der Waals surface area contributed by atoms with Crippen LogP contribution < -0.4 is 0 Å². The number of fused-ring (bicyclic) bond motifs is 2. The minimum atomic E-state index is -0.352. The van der Waals surface area contributed by atoms with Gasteiger partial charge in [0.15, 0.2) is 0 Å². The first-order chi connectivity index (χ1) is 14.3. The third-order valence-electron chi connectivity index (χ3n) is 6.02. The molecular formula is C26H30O4. The molecule has 0 aromatic heterocycles. The molecule has 0 unspecified atom stereocenters. The summed E-state index contributed by atoms with van der Waals surface area (Å²) in [5, 5.41) is 0. The predicted octanol–water partition coefficient (Wildman–Crippen LogP) is 5.60. The second-order valence-corrected chi connectivity index (χ2v) is 8.52. The van der Waals surface area contributed by atoms with Gasteiger partial charge >= 0.3 is 11.9 Å². The average Bonchev–Trinajstić information content (AvgIpc) is 2.73. The number of allylic oxidation sites excluding steroid dienone is 6. The molecule has 4 nitrogen and oxygen atoms in total. The Labute approximate surface area is 179 Å². The molecule has 0 amide bonds. The fraction of sp³-hybridized carbons (Fsp3) is 0.385. The molecule has 1 aromatic rings. The van der Waals surface area contributed by atoms with Gasteiger partial charge in [0.1, 0.15) is 13.2 Å². The van der Waals surface area contributed by atoms with E-state index in [-0.39, 0.29) is 36.5 Å². The van der Waals surface area contributed by atoms with Gasteiger partial charge in [-0.2, -0.15) is 0 Å². The van der Waals surface area contributed by atoms with Crippen LogP contribution >= 0.6 is 0 Å². The first kappa shape index (κ1) is 21.8. The van der Waals surface area contributed by atoms with E-state index in [2.05, 4.69) is 26.0 Å². The van der Waals surface area contributed by atoms with E-state index in [1.54, 1.807) is 13.0 Å². The molecule has 0 fully saturated rings. The maximum atomic E-state index is 12.6. The molecule has 0 bridgehead atoms. The maximum Gasteiger partial charge on any atom is 0.334 e. The van der Waals surface area contributed by atoms with E-state index >= 15 is 0 Å². The normalized spacial score (nSPS) is 30.3. The minimum Gasteiger partial charge on any atom is -0.457 e. The number of hydrogen-bond donors (Lipinski definition) is 0. The topological polar surface area (TPSA) is 52.6 Å². The number of esters is 2. The number of hydrogen-bond acceptors (Lipinski definition) is 4. The van der Waals surface area contributed by atoms with Crippen LogP contribution in [0.1, 0.15) is 51.7 Å². The van der Waals surface area contributed by atoms with E-state index < -0.39 is 0 Å². The van der Waals surface area contributed by atoms with Crippen molar-refractivity contribution < 1.29 is 19.1 Å². The zero-order chi connectivity index (χ0) is 21.7. The van der Waals surface area contributed by atoms with E-state index in [0.717, 1.165) is 24.0 Å². The lowest BCUT2D eigenvalue weighted by Crippen LogP contribution is -2.27. The molecule has 0 radical (unpaired) electrons. The van der Waals surface area contributed by atoms with Gasteiger partial charge in [-0.3, -0.25) is 0 Å². The molecule has 0 saturated heterocycles. The van der Waals surface area contributed by atoms with Crippen molar-refractivity contribution in [2.45, 2.75) is 53.8 Å². The number of ether oxygens (including phenoxy) is 2. The number of cyclic esters (lactones) is 2. The lowest BCUT2D eigenvalue weighted by atomic mass is 9.68. The van der Waals surface area contributed by atoms with Crippen LogP contribution in [0, 0.1) is 11.3 Å². The van der Waals surface area contributed by atoms with Crippen LogP contribution in [0.2, 0.25) is 0 Å². The molecule has 1 aliphatic heterocycles. The van der Waals surface area contributed by atoms with Gasteiger partial charge < -0.3 is 9.47 Å². The molecule has 1 heterocycles. The van der Waals surface area contributed by atoms with Gasteiger partial charge in [0.25, 0.3) is 0 Å². The van der Waals surface area contributed by atoms with Crippen LogP contribution in [-0.2, 0) is 32.3 Å². The van der Waals surface area contributed by atoms with Gasteiger partial charge in [0.05, 0.1) is 0 Å². The smallest absolute Gasteiger partial charge is 0.334 e. The third kappa shape index (κ3) is 5.18. The van der Waals surface area contributed by atoms with Crippen molar-refractivity contribution in [1.82, 2.24) is 0 Å². The molecule has 3 rings (SSSR count). The Kier molecular flexibility index (Phi) is 6.76. The molecule has 1 aromatic carbocycles. The Morgan fingerprint density at radius 2 is 1.50 bits per heavy atom. The fourth-order valence-corrected chi connectivity index (χ4v) is 3.82. The fourth-order valence-electron chi connectivity index (χ4n) is 3.82. The molecular weight excluding hydrogens is 376 g/mol. The summed E-state index contributed by atoms with van der Waals surface area (Å²) in [5.74, 6) is -0.598. The monoisotopic (exact) mass is 406 g/mol. The highest BCUT2D eigenvalue weighted by molar-refractivity contribution is 5.88. The van der Waals surface area contributed by atoms with Gasteiger partial charge in [0.2, 0.25) is 0 Å². The van der Waals surface area contributed by atoms with Crippen LogP contribution in [0.3, 0.4) is 0 Å². The third-order valence-corrected chi connectivity index (χ3v) is 6.02.